The normalized spacial score (nSPS) is 12.6. The summed E-state index contributed by atoms with van der Waals surface area (Å²) in [5.41, 5.74) is 0.995. The summed E-state index contributed by atoms with van der Waals surface area (Å²) in [6.07, 6.45) is 2.59. The van der Waals surface area contributed by atoms with Crippen molar-refractivity contribution in [1.82, 2.24) is 14.9 Å². The number of imidazole rings is 1. The van der Waals surface area contributed by atoms with Crippen molar-refractivity contribution in [2.45, 2.75) is 33.0 Å². The highest BCUT2D eigenvalue weighted by Gasteiger charge is 2.14. The van der Waals surface area contributed by atoms with E-state index in [4.69, 9.17) is 4.74 Å². The number of rotatable bonds is 7. The summed E-state index contributed by atoms with van der Waals surface area (Å²) in [7, 11) is 0. The van der Waals surface area contributed by atoms with Crippen molar-refractivity contribution in [1.29, 1.82) is 0 Å². The molecule has 0 aliphatic carbocycles. The van der Waals surface area contributed by atoms with E-state index in [-0.39, 0.29) is 18.5 Å². The minimum absolute atomic E-state index is 0.00714. The first-order chi connectivity index (χ1) is 10.1. The average molecular weight is 295 g/mol. The van der Waals surface area contributed by atoms with Gasteiger partial charge in [0.1, 0.15) is 12.4 Å². The van der Waals surface area contributed by atoms with E-state index in [1.807, 2.05) is 38.1 Å². The van der Waals surface area contributed by atoms with Crippen molar-refractivity contribution < 1.29 is 13.5 Å². The van der Waals surface area contributed by atoms with E-state index in [0.29, 0.717) is 5.75 Å². The number of para-hydroxylation sites is 1. The number of hydrogen-bond acceptors (Lipinski definition) is 3. The Balaban J connectivity index is 2.11. The zero-order valence-corrected chi connectivity index (χ0v) is 12.1. The SMILES string of the molecule is CCNC(C)c1ccccc1OCc1nccn1C(F)F. The second kappa shape index (κ2) is 7.17. The van der Waals surface area contributed by atoms with E-state index in [2.05, 4.69) is 10.3 Å². The number of nitrogens with zero attached hydrogens (tertiary/aromatic N) is 2. The lowest BCUT2D eigenvalue weighted by Crippen LogP contribution is -2.18. The molecule has 0 spiro atoms. The van der Waals surface area contributed by atoms with Crippen molar-refractivity contribution in [3.63, 3.8) is 0 Å². The fraction of sp³-hybridized carbons (Fsp3) is 0.400. The lowest BCUT2D eigenvalue weighted by Gasteiger charge is -2.17. The zero-order chi connectivity index (χ0) is 15.2. The van der Waals surface area contributed by atoms with Crippen LogP contribution < -0.4 is 10.1 Å². The van der Waals surface area contributed by atoms with Gasteiger partial charge in [-0.3, -0.25) is 4.57 Å². The quantitative estimate of drug-likeness (QED) is 0.849. The van der Waals surface area contributed by atoms with Crippen molar-refractivity contribution in [2.75, 3.05) is 6.54 Å². The van der Waals surface area contributed by atoms with Gasteiger partial charge in [0.15, 0.2) is 5.82 Å². The first kappa shape index (κ1) is 15.4. The van der Waals surface area contributed by atoms with Crippen LogP contribution in [0.2, 0.25) is 0 Å². The van der Waals surface area contributed by atoms with E-state index in [0.717, 1.165) is 16.7 Å². The summed E-state index contributed by atoms with van der Waals surface area (Å²) >= 11 is 0. The van der Waals surface area contributed by atoms with Crippen LogP contribution in [0.15, 0.2) is 36.7 Å². The first-order valence-electron chi connectivity index (χ1n) is 6.88. The minimum Gasteiger partial charge on any atom is -0.485 e. The summed E-state index contributed by atoms with van der Waals surface area (Å²) < 4.78 is 32.0. The molecule has 1 heterocycles. The Morgan fingerprint density at radius 3 is 2.81 bits per heavy atom. The Bertz CT molecular complexity index is 572. The van der Waals surface area contributed by atoms with Crippen LogP contribution in [0.3, 0.4) is 0 Å². The maximum absolute atomic E-state index is 12.8. The van der Waals surface area contributed by atoms with Gasteiger partial charge < -0.3 is 10.1 Å². The lowest BCUT2D eigenvalue weighted by atomic mass is 10.1. The number of benzene rings is 1. The van der Waals surface area contributed by atoms with E-state index in [1.54, 1.807) is 0 Å². The maximum Gasteiger partial charge on any atom is 0.320 e. The fourth-order valence-electron chi connectivity index (χ4n) is 2.16. The van der Waals surface area contributed by atoms with Gasteiger partial charge in [-0.1, -0.05) is 25.1 Å². The van der Waals surface area contributed by atoms with Crippen molar-refractivity contribution in [3.05, 3.63) is 48.0 Å². The molecule has 0 bridgehead atoms. The molecule has 0 aliphatic heterocycles. The van der Waals surface area contributed by atoms with Crippen LogP contribution in [0.5, 0.6) is 5.75 Å². The highest BCUT2D eigenvalue weighted by molar-refractivity contribution is 5.35. The summed E-state index contributed by atoms with van der Waals surface area (Å²) in [5.74, 6) is 0.880. The fourth-order valence-corrected chi connectivity index (χ4v) is 2.16. The van der Waals surface area contributed by atoms with Crippen LogP contribution in [-0.2, 0) is 6.61 Å². The summed E-state index contributed by atoms with van der Waals surface area (Å²) in [6, 6.07) is 7.70. The molecular formula is C15H19F2N3O. The number of ether oxygens (including phenoxy) is 1. The van der Waals surface area contributed by atoms with Crippen LogP contribution in [0.4, 0.5) is 8.78 Å². The summed E-state index contributed by atoms with van der Waals surface area (Å²) in [6.45, 7) is 2.30. The summed E-state index contributed by atoms with van der Waals surface area (Å²) in [4.78, 5) is 3.91. The smallest absolute Gasteiger partial charge is 0.320 e. The molecule has 0 saturated carbocycles. The lowest BCUT2D eigenvalue weighted by molar-refractivity contribution is 0.0632. The number of nitrogens with one attached hydrogen (secondary N) is 1. The molecule has 2 rings (SSSR count). The monoisotopic (exact) mass is 295 g/mol. The largest absolute Gasteiger partial charge is 0.485 e. The highest BCUT2D eigenvalue weighted by Crippen LogP contribution is 2.25. The molecule has 1 unspecified atom stereocenters. The van der Waals surface area contributed by atoms with Crippen molar-refractivity contribution in [3.8, 4) is 5.75 Å². The van der Waals surface area contributed by atoms with E-state index in [1.165, 1.54) is 12.4 Å². The van der Waals surface area contributed by atoms with Crippen LogP contribution >= 0.6 is 0 Å². The second-order valence-electron chi connectivity index (χ2n) is 4.63. The molecule has 21 heavy (non-hydrogen) atoms. The molecule has 6 heteroatoms. The van der Waals surface area contributed by atoms with Gasteiger partial charge in [-0.2, -0.15) is 8.78 Å². The molecule has 0 radical (unpaired) electrons. The molecule has 1 aromatic carbocycles. The second-order valence-corrected chi connectivity index (χ2v) is 4.63. The summed E-state index contributed by atoms with van der Waals surface area (Å²) in [5, 5.41) is 3.30. The predicted molar refractivity (Wildman–Crippen MR) is 76.3 cm³/mol. The molecular weight excluding hydrogens is 276 g/mol. The molecule has 0 amide bonds. The van der Waals surface area contributed by atoms with Crippen LogP contribution in [0.1, 0.15) is 37.8 Å². The molecule has 0 fully saturated rings. The van der Waals surface area contributed by atoms with E-state index in [9.17, 15) is 8.78 Å². The van der Waals surface area contributed by atoms with Gasteiger partial charge in [-0.15, -0.1) is 0 Å². The zero-order valence-electron chi connectivity index (χ0n) is 12.1. The topological polar surface area (TPSA) is 39.1 Å². The Morgan fingerprint density at radius 1 is 1.33 bits per heavy atom. The van der Waals surface area contributed by atoms with Crippen molar-refractivity contribution in [2.24, 2.45) is 0 Å². The Hall–Kier alpha value is -1.95. The van der Waals surface area contributed by atoms with Gasteiger partial charge in [-0.05, 0) is 19.5 Å². The molecule has 1 aromatic heterocycles. The van der Waals surface area contributed by atoms with Gasteiger partial charge in [-0.25, -0.2) is 4.98 Å². The number of alkyl halides is 2. The molecule has 2 aromatic rings. The standard InChI is InChI=1S/C15H19F2N3O/c1-3-18-11(2)12-6-4-5-7-13(12)21-10-14-19-8-9-20(14)15(16)17/h4-9,11,15,18H,3,10H2,1-2H3. The Labute approximate surface area is 122 Å². The average Bonchev–Trinajstić information content (AvgIpc) is 2.94. The maximum atomic E-state index is 12.8. The van der Waals surface area contributed by atoms with E-state index < -0.39 is 6.55 Å². The van der Waals surface area contributed by atoms with Gasteiger partial charge in [0.25, 0.3) is 0 Å². The van der Waals surface area contributed by atoms with Gasteiger partial charge >= 0.3 is 6.55 Å². The van der Waals surface area contributed by atoms with Gasteiger partial charge in [0.2, 0.25) is 0 Å². The van der Waals surface area contributed by atoms with Crippen LogP contribution in [0.25, 0.3) is 0 Å². The Morgan fingerprint density at radius 2 is 2.10 bits per heavy atom. The number of hydrogen-bond donors (Lipinski definition) is 1. The minimum atomic E-state index is -2.61. The third kappa shape index (κ3) is 3.78. The predicted octanol–water partition coefficient (Wildman–Crippen LogP) is 3.53. The highest BCUT2D eigenvalue weighted by atomic mass is 19.3. The molecule has 4 nitrogen and oxygen atoms in total. The van der Waals surface area contributed by atoms with Crippen molar-refractivity contribution >= 4 is 0 Å². The molecule has 0 saturated heterocycles. The van der Waals surface area contributed by atoms with Gasteiger partial charge in [0.05, 0.1) is 0 Å². The van der Waals surface area contributed by atoms with Gasteiger partial charge in [0, 0.05) is 24.0 Å². The number of halogens is 2. The molecule has 114 valence electrons. The number of aromatic nitrogens is 2. The molecule has 1 atom stereocenters. The van der Waals surface area contributed by atoms with E-state index >= 15 is 0 Å². The van der Waals surface area contributed by atoms with Crippen LogP contribution in [-0.4, -0.2) is 16.1 Å². The molecule has 1 N–H and O–H groups in total. The Kier molecular flexibility index (Phi) is 5.27. The third-order valence-electron chi connectivity index (χ3n) is 3.21. The first-order valence-corrected chi connectivity index (χ1v) is 6.88. The van der Waals surface area contributed by atoms with Crippen LogP contribution in [0, 0.1) is 0 Å². The third-order valence-corrected chi connectivity index (χ3v) is 3.21. The molecule has 0 aliphatic rings.